The maximum atomic E-state index is 12.6. The Bertz CT molecular complexity index is 793. The number of piperazine rings is 1. The van der Waals surface area contributed by atoms with Crippen LogP contribution in [0.3, 0.4) is 0 Å². The quantitative estimate of drug-likeness (QED) is 0.723. The molecule has 3 rings (SSSR count). The molecule has 2 heterocycles. The molecule has 2 aromatic rings. The smallest absolute Gasteiger partial charge is 0.223 e. The van der Waals surface area contributed by atoms with Crippen LogP contribution in [-0.4, -0.2) is 48.6 Å². The number of carbonyl (C=O) groups is 1. The van der Waals surface area contributed by atoms with Crippen molar-refractivity contribution >= 4 is 34.9 Å². The second kappa shape index (κ2) is 9.29. The fraction of sp³-hybridized carbons (Fsp3) is 0.400. The Morgan fingerprint density at radius 1 is 1.19 bits per heavy atom. The zero-order chi connectivity index (χ0) is 19.2. The lowest BCUT2D eigenvalue weighted by atomic mass is 10.1. The maximum absolute atomic E-state index is 12.6. The molecule has 0 bridgehead atoms. The largest absolute Gasteiger partial charge is 0.494 e. The molecule has 1 aliphatic heterocycles. The summed E-state index contributed by atoms with van der Waals surface area (Å²) < 4.78 is 5.64. The SMILES string of the molecule is CCOc1ccccc1CCC(=O)N1CCN(c2ncc(Cl)cc2Cl)CC1. The molecule has 0 spiro atoms. The van der Waals surface area contributed by atoms with Crippen molar-refractivity contribution in [3.05, 3.63) is 52.1 Å². The van der Waals surface area contributed by atoms with Crippen LogP contribution in [0.1, 0.15) is 18.9 Å². The molecule has 1 amide bonds. The van der Waals surface area contributed by atoms with Gasteiger partial charge in [0.25, 0.3) is 0 Å². The van der Waals surface area contributed by atoms with Crippen molar-refractivity contribution in [1.29, 1.82) is 0 Å². The summed E-state index contributed by atoms with van der Waals surface area (Å²) in [6, 6.07) is 9.59. The third-order valence-electron chi connectivity index (χ3n) is 4.60. The summed E-state index contributed by atoms with van der Waals surface area (Å²) in [5.41, 5.74) is 1.07. The molecule has 0 aliphatic carbocycles. The van der Waals surface area contributed by atoms with Crippen molar-refractivity contribution in [2.45, 2.75) is 19.8 Å². The van der Waals surface area contributed by atoms with Gasteiger partial charge in [0.15, 0.2) is 0 Å². The number of anilines is 1. The van der Waals surface area contributed by atoms with Gasteiger partial charge >= 0.3 is 0 Å². The molecule has 1 saturated heterocycles. The first-order valence-corrected chi connectivity index (χ1v) is 9.88. The van der Waals surface area contributed by atoms with Gasteiger partial charge in [0.05, 0.1) is 16.7 Å². The van der Waals surface area contributed by atoms with Crippen LogP contribution in [0.5, 0.6) is 5.75 Å². The number of ether oxygens (including phenoxy) is 1. The van der Waals surface area contributed by atoms with E-state index in [1.165, 1.54) is 0 Å². The number of aromatic nitrogens is 1. The molecule has 1 fully saturated rings. The number of rotatable bonds is 6. The van der Waals surface area contributed by atoms with Gasteiger partial charge in [0, 0.05) is 38.8 Å². The Morgan fingerprint density at radius 2 is 1.93 bits per heavy atom. The number of hydrogen-bond acceptors (Lipinski definition) is 4. The van der Waals surface area contributed by atoms with Crippen molar-refractivity contribution in [3.8, 4) is 5.75 Å². The lowest BCUT2D eigenvalue weighted by molar-refractivity contribution is -0.131. The Labute approximate surface area is 169 Å². The Hall–Kier alpha value is -1.98. The molecule has 0 atom stereocenters. The summed E-state index contributed by atoms with van der Waals surface area (Å²) in [6.07, 6.45) is 2.75. The second-order valence-electron chi connectivity index (χ2n) is 6.37. The van der Waals surface area contributed by atoms with Crippen LogP contribution in [0.25, 0.3) is 0 Å². The molecule has 0 N–H and O–H groups in total. The van der Waals surface area contributed by atoms with E-state index in [-0.39, 0.29) is 5.91 Å². The van der Waals surface area contributed by atoms with Gasteiger partial charge in [0.1, 0.15) is 11.6 Å². The van der Waals surface area contributed by atoms with Crippen molar-refractivity contribution in [2.75, 3.05) is 37.7 Å². The van der Waals surface area contributed by atoms with Gasteiger partial charge in [-0.05, 0) is 31.0 Å². The van der Waals surface area contributed by atoms with Crippen LogP contribution in [0.4, 0.5) is 5.82 Å². The molecule has 27 heavy (non-hydrogen) atoms. The number of nitrogens with zero attached hydrogens (tertiary/aromatic N) is 3. The lowest BCUT2D eigenvalue weighted by Crippen LogP contribution is -2.49. The Balaban J connectivity index is 1.53. The molecule has 0 radical (unpaired) electrons. The van der Waals surface area contributed by atoms with Crippen molar-refractivity contribution in [1.82, 2.24) is 9.88 Å². The van der Waals surface area contributed by atoms with Gasteiger partial charge in [-0.3, -0.25) is 4.79 Å². The number of amides is 1. The molecule has 5 nitrogen and oxygen atoms in total. The molecular weight excluding hydrogens is 385 g/mol. The van der Waals surface area contributed by atoms with Gasteiger partial charge in [0.2, 0.25) is 5.91 Å². The molecule has 1 aliphatic rings. The second-order valence-corrected chi connectivity index (χ2v) is 7.21. The van der Waals surface area contributed by atoms with Crippen LogP contribution in [0.15, 0.2) is 36.5 Å². The fourth-order valence-electron chi connectivity index (χ4n) is 3.21. The highest BCUT2D eigenvalue weighted by Crippen LogP contribution is 2.27. The van der Waals surface area contributed by atoms with Crippen LogP contribution < -0.4 is 9.64 Å². The molecule has 0 unspecified atom stereocenters. The first kappa shape index (κ1) is 19.8. The van der Waals surface area contributed by atoms with Crippen LogP contribution in [0, 0.1) is 0 Å². The van der Waals surface area contributed by atoms with Gasteiger partial charge in [-0.25, -0.2) is 4.98 Å². The molecule has 144 valence electrons. The van der Waals surface area contributed by atoms with Crippen molar-refractivity contribution in [3.63, 3.8) is 0 Å². The summed E-state index contributed by atoms with van der Waals surface area (Å²) in [5.74, 6) is 1.75. The zero-order valence-electron chi connectivity index (χ0n) is 15.3. The van der Waals surface area contributed by atoms with E-state index in [1.54, 1.807) is 12.3 Å². The molecule has 1 aromatic heterocycles. The summed E-state index contributed by atoms with van der Waals surface area (Å²) in [6.45, 7) is 5.31. The number of carbonyl (C=O) groups excluding carboxylic acids is 1. The van der Waals surface area contributed by atoms with Crippen LogP contribution >= 0.6 is 23.2 Å². The minimum Gasteiger partial charge on any atom is -0.494 e. The summed E-state index contributed by atoms with van der Waals surface area (Å²) in [7, 11) is 0. The third kappa shape index (κ3) is 5.05. The van der Waals surface area contributed by atoms with E-state index in [1.807, 2.05) is 36.1 Å². The number of benzene rings is 1. The number of para-hydroxylation sites is 1. The summed E-state index contributed by atoms with van der Waals surface area (Å²) >= 11 is 12.1. The van der Waals surface area contributed by atoms with Gasteiger partial charge in [-0.1, -0.05) is 41.4 Å². The topological polar surface area (TPSA) is 45.7 Å². The molecular formula is C20H23Cl2N3O2. The first-order valence-electron chi connectivity index (χ1n) is 9.13. The normalized spacial score (nSPS) is 14.3. The molecule has 1 aromatic carbocycles. The number of aryl methyl sites for hydroxylation is 1. The van der Waals surface area contributed by atoms with E-state index in [0.29, 0.717) is 55.7 Å². The number of halogens is 2. The average molecular weight is 408 g/mol. The Morgan fingerprint density at radius 3 is 2.63 bits per heavy atom. The number of pyridine rings is 1. The first-order chi connectivity index (χ1) is 13.1. The highest BCUT2D eigenvalue weighted by Gasteiger charge is 2.23. The van der Waals surface area contributed by atoms with Gasteiger partial charge in [-0.15, -0.1) is 0 Å². The van der Waals surface area contributed by atoms with Crippen molar-refractivity contribution < 1.29 is 9.53 Å². The maximum Gasteiger partial charge on any atom is 0.223 e. The standard InChI is InChI=1S/C20H23Cl2N3O2/c1-2-27-18-6-4-3-5-15(18)7-8-19(26)24-9-11-25(12-10-24)20-17(22)13-16(21)14-23-20/h3-6,13-14H,2,7-12H2,1H3. The monoisotopic (exact) mass is 407 g/mol. The third-order valence-corrected chi connectivity index (χ3v) is 5.09. The average Bonchev–Trinajstić information content (AvgIpc) is 2.67. The zero-order valence-corrected chi connectivity index (χ0v) is 16.8. The predicted molar refractivity (Wildman–Crippen MR) is 109 cm³/mol. The molecule has 0 saturated carbocycles. The van der Waals surface area contributed by atoms with Gasteiger partial charge in [-0.2, -0.15) is 0 Å². The minimum atomic E-state index is 0.163. The highest BCUT2D eigenvalue weighted by atomic mass is 35.5. The van der Waals surface area contributed by atoms with E-state index in [4.69, 9.17) is 27.9 Å². The van der Waals surface area contributed by atoms with Crippen LogP contribution in [-0.2, 0) is 11.2 Å². The van der Waals surface area contributed by atoms with Crippen molar-refractivity contribution in [2.24, 2.45) is 0 Å². The summed E-state index contributed by atoms with van der Waals surface area (Å²) in [5, 5.41) is 1.06. The fourth-order valence-corrected chi connectivity index (χ4v) is 3.71. The summed E-state index contributed by atoms with van der Waals surface area (Å²) in [4.78, 5) is 20.9. The highest BCUT2D eigenvalue weighted by molar-refractivity contribution is 6.36. The van der Waals surface area contributed by atoms with E-state index in [9.17, 15) is 4.79 Å². The van der Waals surface area contributed by atoms with E-state index < -0.39 is 0 Å². The minimum absolute atomic E-state index is 0.163. The van der Waals surface area contributed by atoms with E-state index >= 15 is 0 Å². The predicted octanol–water partition coefficient (Wildman–Crippen LogP) is 4.07. The van der Waals surface area contributed by atoms with Gasteiger partial charge < -0.3 is 14.5 Å². The lowest BCUT2D eigenvalue weighted by Gasteiger charge is -2.35. The van der Waals surface area contributed by atoms with Crippen LogP contribution in [0.2, 0.25) is 10.0 Å². The van der Waals surface area contributed by atoms with E-state index in [0.717, 1.165) is 17.1 Å². The number of hydrogen-bond donors (Lipinski definition) is 0. The Kier molecular flexibility index (Phi) is 6.80. The molecule has 7 heteroatoms. The van der Waals surface area contributed by atoms with E-state index in [2.05, 4.69) is 9.88 Å².